The first-order valence-corrected chi connectivity index (χ1v) is 9.63. The van der Waals surface area contributed by atoms with Gasteiger partial charge in [0, 0.05) is 11.8 Å². The maximum atomic E-state index is 5.64. The Morgan fingerprint density at radius 1 is 1.08 bits per heavy atom. The largest absolute Gasteiger partial charge is 0.496 e. The summed E-state index contributed by atoms with van der Waals surface area (Å²) in [7, 11) is 1.76. The Morgan fingerprint density at radius 2 is 1.84 bits per heavy atom. The molecule has 0 bridgehead atoms. The Morgan fingerprint density at radius 3 is 2.44 bits per heavy atom. The third-order valence-corrected chi connectivity index (χ3v) is 5.41. The molecule has 1 aromatic heterocycles. The fourth-order valence-electron chi connectivity index (χ4n) is 3.74. The highest BCUT2D eigenvalue weighted by Gasteiger charge is 2.28. The Bertz CT molecular complexity index is 707. The van der Waals surface area contributed by atoms with E-state index in [0.29, 0.717) is 0 Å². The molecule has 2 heteroatoms. The molecule has 2 nitrogen and oxygen atoms in total. The zero-order valence-corrected chi connectivity index (χ0v) is 16.8. The van der Waals surface area contributed by atoms with E-state index in [1.165, 1.54) is 28.7 Å². The van der Waals surface area contributed by atoms with Crippen molar-refractivity contribution < 1.29 is 4.74 Å². The van der Waals surface area contributed by atoms with Crippen LogP contribution in [0, 0.1) is 6.92 Å². The fraction of sp³-hybridized carbons (Fsp3) is 0.522. The smallest absolute Gasteiger partial charge is 0.122 e. The Labute approximate surface area is 153 Å². The summed E-state index contributed by atoms with van der Waals surface area (Å²) in [6, 6.07) is 8.90. The lowest BCUT2D eigenvalue weighted by Gasteiger charge is -2.31. The molecule has 0 fully saturated rings. The van der Waals surface area contributed by atoms with Crippen LogP contribution in [0.3, 0.4) is 0 Å². The summed E-state index contributed by atoms with van der Waals surface area (Å²) in [5.74, 6) is 0.972. The fourth-order valence-corrected chi connectivity index (χ4v) is 3.74. The molecule has 136 valence electrons. The number of methoxy groups -OCH3 is 1. The van der Waals surface area contributed by atoms with Crippen LogP contribution in [0.4, 0.5) is 0 Å². The van der Waals surface area contributed by atoms with Crippen LogP contribution in [-0.4, -0.2) is 12.1 Å². The van der Waals surface area contributed by atoms with Crippen LogP contribution in [0.15, 0.2) is 30.5 Å². The van der Waals surface area contributed by atoms with Gasteiger partial charge < -0.3 is 4.74 Å². The van der Waals surface area contributed by atoms with Gasteiger partial charge in [0.15, 0.2) is 0 Å². The van der Waals surface area contributed by atoms with E-state index in [2.05, 4.69) is 58.9 Å². The molecule has 0 saturated heterocycles. The molecule has 0 aliphatic heterocycles. The van der Waals surface area contributed by atoms with Crippen LogP contribution in [-0.2, 0) is 11.8 Å². The molecule has 1 unspecified atom stereocenters. The highest BCUT2D eigenvalue weighted by atomic mass is 16.5. The maximum absolute atomic E-state index is 5.64. The lowest BCUT2D eigenvalue weighted by molar-refractivity contribution is 0.396. The van der Waals surface area contributed by atoms with E-state index in [-0.39, 0.29) is 5.41 Å². The number of nitrogens with zero attached hydrogens (tertiary/aromatic N) is 1. The van der Waals surface area contributed by atoms with Gasteiger partial charge in [0.25, 0.3) is 0 Å². The zero-order chi connectivity index (χ0) is 18.4. The van der Waals surface area contributed by atoms with Crippen molar-refractivity contribution >= 4 is 0 Å². The van der Waals surface area contributed by atoms with Crippen molar-refractivity contribution in [1.82, 2.24) is 4.98 Å². The quantitative estimate of drug-likeness (QED) is 0.548. The molecule has 1 atom stereocenters. The second kappa shape index (κ2) is 8.51. The first kappa shape index (κ1) is 19.5. The van der Waals surface area contributed by atoms with Crippen molar-refractivity contribution in [2.75, 3.05) is 7.11 Å². The van der Waals surface area contributed by atoms with Crippen molar-refractivity contribution in [3.05, 3.63) is 47.2 Å². The number of pyridine rings is 1. The van der Waals surface area contributed by atoms with Crippen LogP contribution in [0.25, 0.3) is 11.3 Å². The molecular formula is C23H33NO. The van der Waals surface area contributed by atoms with E-state index < -0.39 is 0 Å². The number of hydrogen-bond acceptors (Lipinski definition) is 2. The van der Waals surface area contributed by atoms with Gasteiger partial charge in [0.2, 0.25) is 0 Å². The molecule has 0 radical (unpaired) electrons. The van der Waals surface area contributed by atoms with Gasteiger partial charge >= 0.3 is 0 Å². The van der Waals surface area contributed by atoms with Gasteiger partial charge in [-0.15, -0.1) is 0 Å². The Balaban J connectivity index is 2.67. The van der Waals surface area contributed by atoms with E-state index in [0.717, 1.165) is 37.1 Å². The second-order valence-corrected chi connectivity index (χ2v) is 7.33. The summed E-state index contributed by atoms with van der Waals surface area (Å²) in [5, 5.41) is 0. The van der Waals surface area contributed by atoms with Gasteiger partial charge in [-0.05, 0) is 72.6 Å². The van der Waals surface area contributed by atoms with E-state index >= 15 is 0 Å². The van der Waals surface area contributed by atoms with Crippen LogP contribution in [0.1, 0.15) is 70.1 Å². The highest BCUT2D eigenvalue weighted by molar-refractivity contribution is 5.69. The Kier molecular flexibility index (Phi) is 6.64. The molecule has 1 heterocycles. The summed E-state index contributed by atoms with van der Waals surface area (Å²) < 4.78 is 5.64. The van der Waals surface area contributed by atoms with E-state index in [1.54, 1.807) is 7.11 Å². The van der Waals surface area contributed by atoms with Crippen molar-refractivity contribution in [3.63, 3.8) is 0 Å². The van der Waals surface area contributed by atoms with Gasteiger partial charge in [-0.1, -0.05) is 40.5 Å². The van der Waals surface area contributed by atoms with Crippen LogP contribution >= 0.6 is 0 Å². The summed E-state index contributed by atoms with van der Waals surface area (Å²) in [6.45, 7) is 11.3. The van der Waals surface area contributed by atoms with Gasteiger partial charge in [-0.2, -0.15) is 0 Å². The SMILES string of the molecule is CCCc1ccnc(-c2cc(C)c(OC)cc2C(C)(CC)CCC)c1. The van der Waals surface area contributed by atoms with Gasteiger partial charge in [-0.25, -0.2) is 0 Å². The third kappa shape index (κ3) is 4.23. The monoisotopic (exact) mass is 339 g/mol. The van der Waals surface area contributed by atoms with Crippen LogP contribution in [0.2, 0.25) is 0 Å². The van der Waals surface area contributed by atoms with Crippen molar-refractivity contribution in [3.8, 4) is 17.0 Å². The van der Waals surface area contributed by atoms with Gasteiger partial charge in [0.1, 0.15) is 5.75 Å². The topological polar surface area (TPSA) is 22.1 Å². The molecule has 0 aliphatic rings. The lowest BCUT2D eigenvalue weighted by Crippen LogP contribution is -2.22. The normalized spacial score (nSPS) is 13.5. The summed E-state index contributed by atoms with van der Waals surface area (Å²) in [5.41, 5.74) is 6.37. The predicted molar refractivity (Wildman–Crippen MR) is 108 cm³/mol. The van der Waals surface area contributed by atoms with E-state index in [9.17, 15) is 0 Å². The highest BCUT2D eigenvalue weighted by Crippen LogP contribution is 2.41. The van der Waals surface area contributed by atoms with Gasteiger partial charge in [0.05, 0.1) is 12.8 Å². The van der Waals surface area contributed by atoms with Crippen molar-refractivity contribution in [2.45, 2.75) is 72.1 Å². The second-order valence-electron chi connectivity index (χ2n) is 7.33. The molecule has 0 spiro atoms. The average Bonchev–Trinajstić information content (AvgIpc) is 2.62. The third-order valence-electron chi connectivity index (χ3n) is 5.41. The number of benzene rings is 1. The maximum Gasteiger partial charge on any atom is 0.122 e. The first-order valence-electron chi connectivity index (χ1n) is 9.63. The van der Waals surface area contributed by atoms with Crippen molar-refractivity contribution in [1.29, 1.82) is 0 Å². The van der Waals surface area contributed by atoms with E-state index in [4.69, 9.17) is 9.72 Å². The summed E-state index contributed by atoms with van der Waals surface area (Å²) in [4.78, 5) is 4.72. The van der Waals surface area contributed by atoms with Crippen LogP contribution in [0.5, 0.6) is 5.75 Å². The first-order chi connectivity index (χ1) is 12.0. The molecule has 25 heavy (non-hydrogen) atoms. The van der Waals surface area contributed by atoms with Crippen LogP contribution < -0.4 is 4.74 Å². The molecule has 0 aliphatic carbocycles. The summed E-state index contributed by atoms with van der Waals surface area (Å²) >= 11 is 0. The standard InChI is InChI=1S/C23H33NO/c1-7-10-18-11-13-24-21(15-18)19-14-17(4)22(25-6)16-20(19)23(5,9-3)12-8-2/h11,13-16H,7-10,12H2,1-6H3. The minimum atomic E-state index is 0.132. The molecule has 0 N–H and O–H groups in total. The van der Waals surface area contributed by atoms with Gasteiger partial charge in [-0.3, -0.25) is 4.98 Å². The number of ether oxygens (including phenoxy) is 1. The minimum absolute atomic E-state index is 0.132. The van der Waals surface area contributed by atoms with E-state index in [1.807, 2.05) is 6.20 Å². The minimum Gasteiger partial charge on any atom is -0.496 e. The zero-order valence-electron chi connectivity index (χ0n) is 16.8. The average molecular weight is 340 g/mol. The lowest BCUT2D eigenvalue weighted by atomic mass is 9.73. The molecular weight excluding hydrogens is 306 g/mol. The number of rotatable bonds is 8. The molecule has 2 rings (SSSR count). The Hall–Kier alpha value is -1.83. The molecule has 0 amide bonds. The number of aromatic nitrogens is 1. The molecule has 2 aromatic rings. The number of aryl methyl sites for hydroxylation is 2. The molecule has 1 aromatic carbocycles. The number of hydrogen-bond donors (Lipinski definition) is 0. The summed E-state index contributed by atoms with van der Waals surface area (Å²) in [6.07, 6.45) is 7.64. The predicted octanol–water partition coefficient (Wildman–Crippen LogP) is 6.49. The molecule has 0 saturated carbocycles. The van der Waals surface area contributed by atoms with Crippen molar-refractivity contribution in [2.24, 2.45) is 0 Å².